The quantitative estimate of drug-likeness (QED) is 0.814. The van der Waals surface area contributed by atoms with Crippen LogP contribution in [0, 0.1) is 6.92 Å². The van der Waals surface area contributed by atoms with Crippen LogP contribution in [0.4, 0.5) is 5.82 Å². The first-order chi connectivity index (χ1) is 9.69. The van der Waals surface area contributed by atoms with Crippen LogP contribution >= 0.6 is 0 Å². The number of nitrogens with zero attached hydrogens (tertiary/aromatic N) is 3. The Bertz CT molecular complexity index is 596. The highest BCUT2D eigenvalue weighted by Crippen LogP contribution is 2.12. The summed E-state index contributed by atoms with van der Waals surface area (Å²) >= 11 is 0. The summed E-state index contributed by atoms with van der Waals surface area (Å²) in [6.07, 6.45) is 4.40. The van der Waals surface area contributed by atoms with Crippen LogP contribution in [0.5, 0.6) is 0 Å². The Balaban J connectivity index is 2.24. The van der Waals surface area contributed by atoms with E-state index >= 15 is 0 Å². The van der Waals surface area contributed by atoms with Crippen molar-refractivity contribution in [3.63, 3.8) is 0 Å². The van der Waals surface area contributed by atoms with Gasteiger partial charge in [-0.05, 0) is 31.5 Å². The first-order valence-corrected chi connectivity index (χ1v) is 6.61. The van der Waals surface area contributed by atoms with E-state index in [1.165, 1.54) is 6.07 Å². The van der Waals surface area contributed by atoms with E-state index in [1.807, 2.05) is 23.2 Å². The molecule has 0 aliphatic heterocycles. The maximum atomic E-state index is 11.6. The van der Waals surface area contributed by atoms with Crippen molar-refractivity contribution in [3.8, 4) is 0 Å². The van der Waals surface area contributed by atoms with Crippen molar-refractivity contribution in [2.24, 2.45) is 5.73 Å². The molecule has 2 rings (SSSR count). The van der Waals surface area contributed by atoms with Gasteiger partial charge in [0.05, 0.1) is 0 Å². The Morgan fingerprint density at radius 1 is 1.45 bits per heavy atom. The minimum atomic E-state index is -0.142. The van der Waals surface area contributed by atoms with Gasteiger partial charge in [0.1, 0.15) is 11.6 Å². The van der Waals surface area contributed by atoms with Crippen molar-refractivity contribution in [2.75, 3.05) is 18.0 Å². The zero-order valence-corrected chi connectivity index (χ0v) is 11.5. The molecule has 106 valence electrons. The van der Waals surface area contributed by atoms with Crippen molar-refractivity contribution in [1.82, 2.24) is 15.0 Å². The summed E-state index contributed by atoms with van der Waals surface area (Å²) in [7, 11) is 0. The van der Waals surface area contributed by atoms with Gasteiger partial charge in [-0.3, -0.25) is 9.78 Å². The molecule has 2 heterocycles. The monoisotopic (exact) mass is 273 g/mol. The van der Waals surface area contributed by atoms with E-state index in [0.29, 0.717) is 24.7 Å². The molecule has 0 saturated carbocycles. The fourth-order valence-corrected chi connectivity index (χ4v) is 1.99. The van der Waals surface area contributed by atoms with Gasteiger partial charge in [0.2, 0.25) is 0 Å². The number of aromatic amines is 1. The van der Waals surface area contributed by atoms with Crippen molar-refractivity contribution in [1.29, 1.82) is 0 Å². The zero-order chi connectivity index (χ0) is 14.4. The summed E-state index contributed by atoms with van der Waals surface area (Å²) in [6, 6.07) is 5.41. The van der Waals surface area contributed by atoms with Crippen molar-refractivity contribution in [2.45, 2.75) is 19.9 Å². The summed E-state index contributed by atoms with van der Waals surface area (Å²) < 4.78 is 0. The number of pyridine rings is 1. The lowest BCUT2D eigenvalue weighted by molar-refractivity contribution is 0.720. The number of aromatic nitrogens is 3. The van der Waals surface area contributed by atoms with E-state index < -0.39 is 0 Å². The van der Waals surface area contributed by atoms with Crippen LogP contribution in [0.15, 0.2) is 35.4 Å². The largest absolute Gasteiger partial charge is 0.352 e. The smallest absolute Gasteiger partial charge is 0.252 e. The lowest BCUT2D eigenvalue weighted by Gasteiger charge is -2.23. The van der Waals surface area contributed by atoms with E-state index in [1.54, 1.807) is 13.1 Å². The Kier molecular flexibility index (Phi) is 4.84. The lowest BCUT2D eigenvalue weighted by atomic mass is 10.2. The maximum absolute atomic E-state index is 11.6. The second kappa shape index (κ2) is 6.81. The molecule has 0 unspecified atom stereocenters. The highest BCUT2D eigenvalue weighted by molar-refractivity contribution is 5.38. The first-order valence-electron chi connectivity index (χ1n) is 6.61. The SMILES string of the molecule is Cc1nc(N(CCCN)Cc2cccnc2)cc(=O)[nH]1. The third-order valence-corrected chi connectivity index (χ3v) is 2.90. The molecule has 0 spiro atoms. The lowest BCUT2D eigenvalue weighted by Crippen LogP contribution is -2.28. The molecular weight excluding hydrogens is 254 g/mol. The van der Waals surface area contributed by atoms with Gasteiger partial charge < -0.3 is 15.6 Å². The van der Waals surface area contributed by atoms with Gasteiger partial charge >= 0.3 is 0 Å². The molecule has 0 saturated heterocycles. The fourth-order valence-electron chi connectivity index (χ4n) is 1.99. The fraction of sp³-hybridized carbons (Fsp3) is 0.357. The number of rotatable bonds is 6. The summed E-state index contributed by atoms with van der Waals surface area (Å²) in [6.45, 7) is 3.78. The van der Waals surface area contributed by atoms with Gasteiger partial charge in [-0.2, -0.15) is 0 Å². The van der Waals surface area contributed by atoms with E-state index in [-0.39, 0.29) is 5.56 Å². The first kappa shape index (κ1) is 14.2. The number of nitrogens with two attached hydrogens (primary N) is 1. The normalized spacial score (nSPS) is 10.5. The average Bonchev–Trinajstić information content (AvgIpc) is 2.43. The standard InChI is InChI=1S/C14H19N5O/c1-11-17-13(8-14(20)18-11)19(7-3-5-15)10-12-4-2-6-16-9-12/h2,4,6,8-9H,3,5,7,10,15H2,1H3,(H,17,18,20). The molecule has 3 N–H and O–H groups in total. The van der Waals surface area contributed by atoms with E-state index in [0.717, 1.165) is 18.5 Å². The molecule has 0 fully saturated rings. The van der Waals surface area contributed by atoms with Crippen molar-refractivity contribution in [3.05, 3.63) is 52.3 Å². The van der Waals surface area contributed by atoms with Crippen LogP contribution in [0.3, 0.4) is 0 Å². The van der Waals surface area contributed by atoms with Crippen LogP contribution in [-0.4, -0.2) is 28.0 Å². The molecule has 20 heavy (non-hydrogen) atoms. The van der Waals surface area contributed by atoms with Crippen LogP contribution in [0.2, 0.25) is 0 Å². The Labute approximate surface area is 117 Å². The van der Waals surface area contributed by atoms with E-state index in [2.05, 4.69) is 15.0 Å². The number of nitrogens with one attached hydrogen (secondary N) is 1. The van der Waals surface area contributed by atoms with Crippen LogP contribution in [0.1, 0.15) is 17.8 Å². The predicted molar refractivity (Wildman–Crippen MR) is 78.6 cm³/mol. The molecule has 0 amide bonds. The Morgan fingerprint density at radius 3 is 2.95 bits per heavy atom. The maximum Gasteiger partial charge on any atom is 0.252 e. The van der Waals surface area contributed by atoms with Crippen LogP contribution in [0.25, 0.3) is 0 Å². The molecular formula is C14H19N5O. The third-order valence-electron chi connectivity index (χ3n) is 2.90. The number of aryl methyl sites for hydroxylation is 1. The van der Waals surface area contributed by atoms with Crippen LogP contribution in [-0.2, 0) is 6.54 Å². The minimum absolute atomic E-state index is 0.142. The molecule has 0 aromatic carbocycles. The van der Waals surface area contributed by atoms with Gasteiger partial charge in [0.15, 0.2) is 0 Å². The number of anilines is 1. The third kappa shape index (κ3) is 3.89. The molecule has 0 aliphatic carbocycles. The highest BCUT2D eigenvalue weighted by Gasteiger charge is 2.10. The van der Waals surface area contributed by atoms with Gasteiger partial charge in [-0.1, -0.05) is 6.07 Å². The molecule has 0 atom stereocenters. The molecule has 6 heteroatoms. The van der Waals surface area contributed by atoms with Crippen molar-refractivity contribution < 1.29 is 0 Å². The van der Waals surface area contributed by atoms with E-state index in [4.69, 9.17) is 5.73 Å². The minimum Gasteiger partial charge on any atom is -0.352 e. The van der Waals surface area contributed by atoms with Gasteiger partial charge in [0, 0.05) is 31.5 Å². The summed E-state index contributed by atoms with van der Waals surface area (Å²) in [4.78, 5) is 24.8. The van der Waals surface area contributed by atoms with Gasteiger partial charge in [0.25, 0.3) is 5.56 Å². The number of hydrogen-bond acceptors (Lipinski definition) is 5. The number of hydrogen-bond donors (Lipinski definition) is 2. The molecule has 6 nitrogen and oxygen atoms in total. The molecule has 0 radical (unpaired) electrons. The molecule has 2 aromatic rings. The predicted octanol–water partition coefficient (Wildman–Crippen LogP) is 0.829. The summed E-state index contributed by atoms with van der Waals surface area (Å²) in [5.41, 5.74) is 6.51. The van der Waals surface area contributed by atoms with Crippen molar-refractivity contribution >= 4 is 5.82 Å². The number of H-pyrrole nitrogens is 1. The summed E-state index contributed by atoms with van der Waals surface area (Å²) in [5, 5.41) is 0. The average molecular weight is 273 g/mol. The highest BCUT2D eigenvalue weighted by atomic mass is 16.1. The Hall–Kier alpha value is -2.21. The molecule has 0 aliphatic rings. The van der Waals surface area contributed by atoms with Gasteiger partial charge in [-0.25, -0.2) is 4.98 Å². The van der Waals surface area contributed by atoms with Crippen LogP contribution < -0.4 is 16.2 Å². The second-order valence-electron chi connectivity index (χ2n) is 4.61. The van der Waals surface area contributed by atoms with Gasteiger partial charge in [-0.15, -0.1) is 0 Å². The Morgan fingerprint density at radius 2 is 2.30 bits per heavy atom. The molecule has 0 bridgehead atoms. The molecule has 2 aromatic heterocycles. The summed E-state index contributed by atoms with van der Waals surface area (Å²) in [5.74, 6) is 1.28. The van der Waals surface area contributed by atoms with E-state index in [9.17, 15) is 4.79 Å². The second-order valence-corrected chi connectivity index (χ2v) is 4.61. The zero-order valence-electron chi connectivity index (χ0n) is 11.5. The topological polar surface area (TPSA) is 87.9 Å².